The second-order valence-corrected chi connectivity index (χ2v) is 6.51. The molecule has 1 N–H and O–H groups in total. The van der Waals surface area contributed by atoms with E-state index in [0.29, 0.717) is 11.5 Å². The number of hydrogen-bond acceptors (Lipinski definition) is 3. The molecule has 1 aromatic heterocycles. The zero-order chi connectivity index (χ0) is 13.7. The molecule has 0 amide bonds. The van der Waals surface area contributed by atoms with Crippen molar-refractivity contribution < 1.29 is 4.42 Å². The Morgan fingerprint density at radius 2 is 2.16 bits per heavy atom. The first-order chi connectivity index (χ1) is 9.07. The van der Waals surface area contributed by atoms with Gasteiger partial charge in [0.1, 0.15) is 5.76 Å². The van der Waals surface area contributed by atoms with Gasteiger partial charge in [0.05, 0.1) is 6.26 Å². The molecule has 1 saturated heterocycles. The topological polar surface area (TPSA) is 28.4 Å². The number of rotatable bonds is 6. The Morgan fingerprint density at radius 1 is 1.42 bits per heavy atom. The van der Waals surface area contributed by atoms with E-state index in [1.54, 1.807) is 6.26 Å². The van der Waals surface area contributed by atoms with E-state index in [1.807, 2.05) is 6.07 Å². The molecular weight excluding hydrogens is 236 g/mol. The normalized spacial score (nSPS) is 21.4. The number of aryl methyl sites for hydroxylation is 1. The highest BCUT2D eigenvalue weighted by Gasteiger charge is 2.28. The molecule has 0 bridgehead atoms. The fraction of sp³-hybridized carbons (Fsp3) is 0.750. The van der Waals surface area contributed by atoms with Crippen LogP contribution in [0.4, 0.5) is 0 Å². The molecule has 0 aliphatic carbocycles. The Balaban J connectivity index is 1.66. The SMILES string of the molecule is CC(CCc1ccco1)NCC1(C)CCN(C)CC1. The summed E-state index contributed by atoms with van der Waals surface area (Å²) in [7, 11) is 2.22. The number of furan rings is 1. The zero-order valence-electron chi connectivity index (χ0n) is 12.6. The second-order valence-electron chi connectivity index (χ2n) is 6.51. The van der Waals surface area contributed by atoms with Gasteiger partial charge in [-0.05, 0) is 63.9 Å². The molecule has 0 radical (unpaired) electrons. The van der Waals surface area contributed by atoms with Crippen LogP contribution in [0.1, 0.15) is 38.9 Å². The lowest BCUT2D eigenvalue weighted by atomic mass is 9.80. The van der Waals surface area contributed by atoms with Crippen LogP contribution in [0.25, 0.3) is 0 Å². The maximum atomic E-state index is 5.38. The van der Waals surface area contributed by atoms with Crippen LogP contribution in [0.5, 0.6) is 0 Å². The summed E-state index contributed by atoms with van der Waals surface area (Å²) < 4.78 is 5.38. The Labute approximate surface area is 117 Å². The van der Waals surface area contributed by atoms with E-state index >= 15 is 0 Å². The van der Waals surface area contributed by atoms with Crippen LogP contribution in [0.15, 0.2) is 22.8 Å². The number of piperidine rings is 1. The first-order valence-electron chi connectivity index (χ1n) is 7.52. The summed E-state index contributed by atoms with van der Waals surface area (Å²) in [4.78, 5) is 2.43. The lowest BCUT2D eigenvalue weighted by Crippen LogP contribution is -2.44. The van der Waals surface area contributed by atoms with Crippen molar-refractivity contribution in [2.24, 2.45) is 5.41 Å². The van der Waals surface area contributed by atoms with Gasteiger partial charge in [-0.2, -0.15) is 0 Å². The Bertz CT molecular complexity index is 353. The maximum absolute atomic E-state index is 5.38. The standard InChI is InChI=1S/C16H28N2O/c1-14(6-7-15-5-4-12-19-15)17-13-16(2)8-10-18(3)11-9-16/h4-5,12,14,17H,6-11,13H2,1-3H3. The first kappa shape index (κ1) is 14.6. The summed E-state index contributed by atoms with van der Waals surface area (Å²) >= 11 is 0. The smallest absolute Gasteiger partial charge is 0.103 e. The molecule has 0 aromatic carbocycles. The van der Waals surface area contributed by atoms with E-state index in [9.17, 15) is 0 Å². The van der Waals surface area contributed by atoms with Gasteiger partial charge in [-0.1, -0.05) is 6.92 Å². The van der Waals surface area contributed by atoms with Gasteiger partial charge in [-0.3, -0.25) is 0 Å². The van der Waals surface area contributed by atoms with Crippen molar-refractivity contribution in [3.63, 3.8) is 0 Å². The Morgan fingerprint density at radius 3 is 2.79 bits per heavy atom. The van der Waals surface area contributed by atoms with Gasteiger partial charge in [0.25, 0.3) is 0 Å². The highest BCUT2D eigenvalue weighted by atomic mass is 16.3. The predicted molar refractivity (Wildman–Crippen MR) is 79.3 cm³/mol. The third-order valence-electron chi connectivity index (χ3n) is 4.48. The molecule has 2 heterocycles. The second kappa shape index (κ2) is 6.58. The van der Waals surface area contributed by atoms with Crippen molar-refractivity contribution in [2.75, 3.05) is 26.7 Å². The van der Waals surface area contributed by atoms with Crippen molar-refractivity contribution in [3.05, 3.63) is 24.2 Å². The molecule has 1 aliphatic heterocycles. The quantitative estimate of drug-likeness (QED) is 0.856. The van der Waals surface area contributed by atoms with Crippen LogP contribution in [0, 0.1) is 5.41 Å². The molecule has 2 rings (SSSR count). The van der Waals surface area contributed by atoms with Crippen molar-refractivity contribution >= 4 is 0 Å². The van der Waals surface area contributed by atoms with Crippen molar-refractivity contribution in [2.45, 2.75) is 45.6 Å². The van der Waals surface area contributed by atoms with Gasteiger partial charge in [-0.15, -0.1) is 0 Å². The number of likely N-dealkylation sites (tertiary alicyclic amines) is 1. The molecule has 0 spiro atoms. The highest BCUT2D eigenvalue weighted by Crippen LogP contribution is 2.29. The highest BCUT2D eigenvalue weighted by molar-refractivity contribution is 4.98. The minimum absolute atomic E-state index is 0.478. The number of hydrogen-bond donors (Lipinski definition) is 1. The first-order valence-corrected chi connectivity index (χ1v) is 7.52. The monoisotopic (exact) mass is 264 g/mol. The molecule has 1 aromatic rings. The number of nitrogens with zero attached hydrogens (tertiary/aromatic N) is 1. The summed E-state index contributed by atoms with van der Waals surface area (Å²) in [5.74, 6) is 1.10. The largest absolute Gasteiger partial charge is 0.469 e. The van der Waals surface area contributed by atoms with Crippen LogP contribution in [0.2, 0.25) is 0 Å². The van der Waals surface area contributed by atoms with Gasteiger partial charge < -0.3 is 14.6 Å². The molecule has 1 unspecified atom stereocenters. The lowest BCUT2D eigenvalue weighted by Gasteiger charge is -2.38. The van der Waals surface area contributed by atoms with Crippen LogP contribution >= 0.6 is 0 Å². The fourth-order valence-corrected chi connectivity index (χ4v) is 2.67. The van der Waals surface area contributed by atoms with E-state index < -0.39 is 0 Å². The molecule has 0 saturated carbocycles. The molecule has 3 heteroatoms. The van der Waals surface area contributed by atoms with E-state index in [2.05, 4.69) is 37.2 Å². The lowest BCUT2D eigenvalue weighted by molar-refractivity contribution is 0.133. The zero-order valence-corrected chi connectivity index (χ0v) is 12.6. The van der Waals surface area contributed by atoms with E-state index in [1.165, 1.54) is 25.9 Å². The molecule has 108 valence electrons. The van der Waals surface area contributed by atoms with E-state index in [4.69, 9.17) is 4.42 Å². The molecule has 19 heavy (non-hydrogen) atoms. The van der Waals surface area contributed by atoms with Crippen molar-refractivity contribution in [1.82, 2.24) is 10.2 Å². The van der Waals surface area contributed by atoms with Gasteiger partial charge in [0.15, 0.2) is 0 Å². The van der Waals surface area contributed by atoms with Crippen LogP contribution in [-0.2, 0) is 6.42 Å². The summed E-state index contributed by atoms with van der Waals surface area (Å²) in [6, 6.07) is 4.58. The van der Waals surface area contributed by atoms with Crippen molar-refractivity contribution in [1.29, 1.82) is 0 Å². The number of nitrogens with one attached hydrogen (secondary N) is 1. The van der Waals surface area contributed by atoms with Gasteiger partial charge in [0.2, 0.25) is 0 Å². The molecule has 1 fully saturated rings. The summed E-state index contributed by atoms with van der Waals surface area (Å²) in [5.41, 5.74) is 0.478. The van der Waals surface area contributed by atoms with Crippen molar-refractivity contribution in [3.8, 4) is 0 Å². The average molecular weight is 264 g/mol. The Hall–Kier alpha value is -0.800. The van der Waals surface area contributed by atoms with Gasteiger partial charge in [0, 0.05) is 19.0 Å². The van der Waals surface area contributed by atoms with Gasteiger partial charge >= 0.3 is 0 Å². The van der Waals surface area contributed by atoms with Gasteiger partial charge in [-0.25, -0.2) is 0 Å². The third kappa shape index (κ3) is 4.66. The predicted octanol–water partition coefficient (Wildman–Crippen LogP) is 2.92. The summed E-state index contributed by atoms with van der Waals surface area (Å²) in [6.07, 6.45) is 6.54. The molecule has 1 aliphatic rings. The minimum atomic E-state index is 0.478. The van der Waals surface area contributed by atoms with Crippen LogP contribution < -0.4 is 5.32 Å². The summed E-state index contributed by atoms with van der Waals surface area (Å²) in [6.45, 7) is 8.31. The molecular formula is C16H28N2O. The molecule has 1 atom stereocenters. The molecule has 3 nitrogen and oxygen atoms in total. The van der Waals surface area contributed by atoms with Crippen LogP contribution in [0.3, 0.4) is 0 Å². The maximum Gasteiger partial charge on any atom is 0.103 e. The summed E-state index contributed by atoms with van der Waals surface area (Å²) in [5, 5.41) is 3.71. The van der Waals surface area contributed by atoms with E-state index in [0.717, 1.165) is 25.1 Å². The Kier molecular flexibility index (Phi) is 5.06. The van der Waals surface area contributed by atoms with E-state index in [-0.39, 0.29) is 0 Å². The fourth-order valence-electron chi connectivity index (χ4n) is 2.67. The van der Waals surface area contributed by atoms with Crippen LogP contribution in [-0.4, -0.2) is 37.6 Å². The minimum Gasteiger partial charge on any atom is -0.469 e. The third-order valence-corrected chi connectivity index (χ3v) is 4.48. The average Bonchev–Trinajstić information content (AvgIpc) is 2.91.